The van der Waals surface area contributed by atoms with E-state index < -0.39 is 6.10 Å². The van der Waals surface area contributed by atoms with E-state index in [1.165, 1.54) is 0 Å². The molecule has 1 atom stereocenters. The number of aromatic nitrogens is 1. The second-order valence-electron chi connectivity index (χ2n) is 8.54. The maximum atomic E-state index is 12.6. The molecule has 1 unspecified atom stereocenters. The summed E-state index contributed by atoms with van der Waals surface area (Å²) in [4.78, 5) is 33.4. The summed E-state index contributed by atoms with van der Waals surface area (Å²) in [7, 11) is 0. The van der Waals surface area contributed by atoms with Crippen molar-refractivity contribution in [1.82, 2.24) is 14.8 Å². The second-order valence-corrected chi connectivity index (χ2v) is 8.54. The number of rotatable bonds is 6. The van der Waals surface area contributed by atoms with Gasteiger partial charge in [-0.1, -0.05) is 6.07 Å². The van der Waals surface area contributed by atoms with Crippen LogP contribution in [0.25, 0.3) is 0 Å². The van der Waals surface area contributed by atoms with Gasteiger partial charge in [0.25, 0.3) is 5.91 Å². The van der Waals surface area contributed by atoms with Crippen LogP contribution in [-0.4, -0.2) is 65.0 Å². The number of hydrogen-bond donors (Lipinski definition) is 0. The van der Waals surface area contributed by atoms with Crippen molar-refractivity contribution < 1.29 is 14.3 Å². The quantitative estimate of drug-likeness (QED) is 0.753. The summed E-state index contributed by atoms with van der Waals surface area (Å²) in [5, 5.41) is 0. The zero-order valence-electron chi connectivity index (χ0n) is 17.4. The molecule has 2 fully saturated rings. The number of pyridine rings is 1. The SMILES string of the molecule is CC(C)OC(C)C(=O)N1CCC2(CCC(=O)N(CCc3ccccn3)C2)CC1. The maximum Gasteiger partial charge on any atom is 0.251 e. The van der Waals surface area contributed by atoms with Gasteiger partial charge in [-0.25, -0.2) is 0 Å². The maximum absolute atomic E-state index is 12.6. The molecule has 1 spiro atoms. The number of amides is 2. The monoisotopic (exact) mass is 387 g/mol. The molecule has 2 amide bonds. The molecular weight excluding hydrogens is 354 g/mol. The van der Waals surface area contributed by atoms with E-state index in [-0.39, 0.29) is 23.3 Å². The van der Waals surface area contributed by atoms with E-state index in [1.54, 1.807) is 6.20 Å². The first-order chi connectivity index (χ1) is 13.4. The summed E-state index contributed by atoms with van der Waals surface area (Å²) in [5.41, 5.74) is 1.17. The molecule has 1 aromatic rings. The fraction of sp³-hybridized carbons (Fsp3) is 0.682. The number of carbonyl (C=O) groups excluding carboxylic acids is 2. The van der Waals surface area contributed by atoms with Crippen LogP contribution in [0.5, 0.6) is 0 Å². The molecular formula is C22H33N3O3. The van der Waals surface area contributed by atoms with Gasteiger partial charge in [0.05, 0.1) is 6.10 Å². The van der Waals surface area contributed by atoms with Crippen LogP contribution in [0, 0.1) is 5.41 Å². The van der Waals surface area contributed by atoms with Gasteiger partial charge in [-0.15, -0.1) is 0 Å². The lowest BCUT2D eigenvalue weighted by molar-refractivity contribution is -0.150. The number of hydrogen-bond acceptors (Lipinski definition) is 4. The molecule has 2 aliphatic heterocycles. The van der Waals surface area contributed by atoms with Crippen molar-refractivity contribution >= 4 is 11.8 Å². The zero-order valence-corrected chi connectivity index (χ0v) is 17.4. The van der Waals surface area contributed by atoms with Crippen LogP contribution in [0.15, 0.2) is 24.4 Å². The van der Waals surface area contributed by atoms with Gasteiger partial charge in [0.2, 0.25) is 5.91 Å². The van der Waals surface area contributed by atoms with Crippen molar-refractivity contribution in [3.05, 3.63) is 30.1 Å². The van der Waals surface area contributed by atoms with E-state index >= 15 is 0 Å². The second kappa shape index (κ2) is 9.03. The van der Waals surface area contributed by atoms with Gasteiger partial charge in [0, 0.05) is 50.9 Å². The average molecular weight is 388 g/mol. The molecule has 0 radical (unpaired) electrons. The van der Waals surface area contributed by atoms with Crippen LogP contribution < -0.4 is 0 Å². The first kappa shape index (κ1) is 20.8. The van der Waals surface area contributed by atoms with E-state index in [0.717, 1.165) is 57.6 Å². The summed E-state index contributed by atoms with van der Waals surface area (Å²) in [6.07, 6.45) is 5.71. The van der Waals surface area contributed by atoms with Gasteiger partial charge in [-0.3, -0.25) is 14.6 Å². The highest BCUT2D eigenvalue weighted by Crippen LogP contribution is 2.40. The minimum Gasteiger partial charge on any atom is -0.366 e. The minimum atomic E-state index is -0.392. The smallest absolute Gasteiger partial charge is 0.251 e. The van der Waals surface area contributed by atoms with Gasteiger partial charge >= 0.3 is 0 Å². The van der Waals surface area contributed by atoms with Crippen LogP contribution in [0.2, 0.25) is 0 Å². The highest BCUT2D eigenvalue weighted by molar-refractivity contribution is 5.80. The largest absolute Gasteiger partial charge is 0.366 e. The van der Waals surface area contributed by atoms with Crippen molar-refractivity contribution in [2.45, 2.75) is 65.1 Å². The lowest BCUT2D eigenvalue weighted by Crippen LogP contribution is -2.53. The predicted octanol–water partition coefficient (Wildman–Crippen LogP) is 2.67. The molecule has 3 heterocycles. The topological polar surface area (TPSA) is 62.7 Å². The Morgan fingerprint density at radius 3 is 2.61 bits per heavy atom. The van der Waals surface area contributed by atoms with E-state index in [2.05, 4.69) is 4.98 Å². The van der Waals surface area contributed by atoms with Crippen LogP contribution in [-0.2, 0) is 20.7 Å². The van der Waals surface area contributed by atoms with Crippen molar-refractivity contribution in [3.8, 4) is 0 Å². The third kappa shape index (κ3) is 5.10. The van der Waals surface area contributed by atoms with Gasteiger partial charge in [0.1, 0.15) is 6.10 Å². The molecule has 0 aromatic carbocycles. The molecule has 154 valence electrons. The zero-order chi connectivity index (χ0) is 20.1. The van der Waals surface area contributed by atoms with Crippen LogP contribution in [0.1, 0.15) is 52.1 Å². The Morgan fingerprint density at radius 2 is 1.96 bits per heavy atom. The molecule has 0 aliphatic carbocycles. The minimum absolute atomic E-state index is 0.0482. The Labute approximate surface area is 168 Å². The molecule has 6 nitrogen and oxygen atoms in total. The molecule has 2 aliphatic rings. The van der Waals surface area contributed by atoms with Crippen molar-refractivity contribution in [3.63, 3.8) is 0 Å². The third-order valence-corrected chi connectivity index (χ3v) is 6.07. The molecule has 0 saturated carbocycles. The summed E-state index contributed by atoms with van der Waals surface area (Å²) in [5.74, 6) is 0.335. The van der Waals surface area contributed by atoms with E-state index in [0.29, 0.717) is 6.42 Å². The summed E-state index contributed by atoms with van der Waals surface area (Å²) >= 11 is 0. The van der Waals surface area contributed by atoms with Gasteiger partial charge in [-0.2, -0.15) is 0 Å². The number of ether oxygens (including phenoxy) is 1. The molecule has 3 rings (SSSR count). The molecule has 28 heavy (non-hydrogen) atoms. The van der Waals surface area contributed by atoms with Gasteiger partial charge in [-0.05, 0) is 57.6 Å². The van der Waals surface area contributed by atoms with Crippen molar-refractivity contribution in [1.29, 1.82) is 0 Å². The first-order valence-electron chi connectivity index (χ1n) is 10.5. The Bertz CT molecular complexity index is 669. The van der Waals surface area contributed by atoms with E-state index in [1.807, 2.05) is 48.8 Å². The van der Waals surface area contributed by atoms with Crippen molar-refractivity contribution in [2.24, 2.45) is 5.41 Å². The highest BCUT2D eigenvalue weighted by atomic mass is 16.5. The summed E-state index contributed by atoms with van der Waals surface area (Å²) in [6.45, 7) is 8.78. The standard InChI is InChI=1S/C22H33N3O3/c1-17(2)28-18(3)21(27)24-14-10-22(11-15-24)9-7-20(26)25(16-22)13-8-19-6-4-5-12-23-19/h4-6,12,17-18H,7-11,13-16H2,1-3H3. The number of likely N-dealkylation sites (tertiary alicyclic amines) is 2. The first-order valence-corrected chi connectivity index (χ1v) is 10.5. The lowest BCUT2D eigenvalue weighted by Gasteiger charge is -2.47. The summed E-state index contributed by atoms with van der Waals surface area (Å²) < 4.78 is 5.66. The molecule has 6 heteroatoms. The van der Waals surface area contributed by atoms with Crippen LogP contribution in [0.4, 0.5) is 0 Å². The molecule has 1 aromatic heterocycles. The normalized spacial score (nSPS) is 20.6. The molecule has 0 N–H and O–H groups in total. The Hall–Kier alpha value is -1.95. The molecule has 0 bridgehead atoms. The Morgan fingerprint density at radius 1 is 1.21 bits per heavy atom. The fourth-order valence-corrected chi connectivity index (χ4v) is 4.43. The Kier molecular flexibility index (Phi) is 6.70. The number of carbonyl (C=O) groups is 2. The predicted molar refractivity (Wildman–Crippen MR) is 108 cm³/mol. The number of piperidine rings is 2. The van der Waals surface area contributed by atoms with E-state index in [9.17, 15) is 9.59 Å². The highest BCUT2D eigenvalue weighted by Gasteiger charge is 2.42. The number of nitrogens with zero attached hydrogens (tertiary/aromatic N) is 3. The van der Waals surface area contributed by atoms with Crippen molar-refractivity contribution in [2.75, 3.05) is 26.2 Å². The van der Waals surface area contributed by atoms with Gasteiger partial charge in [0.15, 0.2) is 0 Å². The Balaban J connectivity index is 1.54. The lowest BCUT2D eigenvalue weighted by atomic mass is 9.72. The fourth-order valence-electron chi connectivity index (χ4n) is 4.43. The van der Waals surface area contributed by atoms with Gasteiger partial charge < -0.3 is 14.5 Å². The average Bonchev–Trinajstić information content (AvgIpc) is 2.69. The third-order valence-electron chi connectivity index (χ3n) is 6.07. The summed E-state index contributed by atoms with van der Waals surface area (Å²) in [6, 6.07) is 5.90. The van der Waals surface area contributed by atoms with Crippen LogP contribution >= 0.6 is 0 Å². The van der Waals surface area contributed by atoms with Crippen LogP contribution in [0.3, 0.4) is 0 Å². The van der Waals surface area contributed by atoms with E-state index in [4.69, 9.17) is 4.74 Å². The molecule has 2 saturated heterocycles.